The summed E-state index contributed by atoms with van der Waals surface area (Å²) in [6, 6.07) is 3.79. The highest BCUT2D eigenvalue weighted by atomic mass is 35.5. The van der Waals surface area contributed by atoms with Crippen LogP contribution in [0.5, 0.6) is 0 Å². The fraction of sp³-hybridized carbons (Fsp3) is 0.385. The van der Waals surface area contributed by atoms with Crippen LogP contribution in [-0.4, -0.2) is 23.9 Å². The van der Waals surface area contributed by atoms with Crippen molar-refractivity contribution in [3.05, 3.63) is 28.2 Å². The zero-order valence-corrected chi connectivity index (χ0v) is 12.1. The number of amides is 2. The van der Waals surface area contributed by atoms with Gasteiger partial charge in [-0.2, -0.15) is 0 Å². The second-order valence-corrected chi connectivity index (χ2v) is 5.36. The van der Waals surface area contributed by atoms with Gasteiger partial charge >= 0.3 is 0 Å². The summed E-state index contributed by atoms with van der Waals surface area (Å²) in [4.78, 5) is 25.7. The Bertz CT molecular complexity index is 513. The Balaban J connectivity index is 2.48. The van der Waals surface area contributed by atoms with E-state index in [1.54, 1.807) is 25.1 Å². The molecule has 1 aromatic rings. The lowest BCUT2D eigenvalue weighted by Crippen LogP contribution is -2.62. The van der Waals surface area contributed by atoms with Crippen LogP contribution in [0.25, 0.3) is 0 Å². The van der Waals surface area contributed by atoms with Crippen LogP contribution in [0.4, 0.5) is 5.69 Å². The van der Waals surface area contributed by atoms with Gasteiger partial charge in [-0.15, -0.1) is 0 Å². The molecular formula is C13H14Cl2N2O2. The smallest absolute Gasteiger partial charge is 0.250 e. The maximum atomic E-state index is 12.3. The first kappa shape index (κ1) is 14.2. The van der Waals surface area contributed by atoms with Crippen LogP contribution in [0, 0.1) is 0 Å². The quantitative estimate of drug-likeness (QED) is 0.913. The number of anilines is 1. The highest BCUT2D eigenvalue weighted by molar-refractivity contribution is 6.35. The van der Waals surface area contributed by atoms with E-state index < -0.39 is 12.1 Å². The van der Waals surface area contributed by atoms with Crippen molar-refractivity contribution < 1.29 is 9.59 Å². The van der Waals surface area contributed by atoms with Crippen LogP contribution in [0.1, 0.15) is 20.3 Å². The minimum Gasteiger partial charge on any atom is -0.343 e. The van der Waals surface area contributed by atoms with Crippen molar-refractivity contribution in [2.75, 3.05) is 4.90 Å². The SMILES string of the molecule is CCC1C(=O)NC(C)C(=O)N1c1cc(Cl)cc(Cl)c1. The normalized spacial score (nSPS) is 23.5. The minimum absolute atomic E-state index is 0.161. The molecule has 0 radical (unpaired) electrons. The van der Waals surface area contributed by atoms with Crippen LogP contribution in [0.3, 0.4) is 0 Å². The molecule has 0 saturated carbocycles. The molecule has 0 aromatic heterocycles. The summed E-state index contributed by atoms with van der Waals surface area (Å²) in [5.74, 6) is -0.324. The van der Waals surface area contributed by atoms with Crippen molar-refractivity contribution in [1.29, 1.82) is 0 Å². The zero-order chi connectivity index (χ0) is 14.2. The fourth-order valence-electron chi connectivity index (χ4n) is 2.20. The average Bonchev–Trinajstić information content (AvgIpc) is 2.32. The van der Waals surface area contributed by atoms with E-state index in [4.69, 9.17) is 23.2 Å². The van der Waals surface area contributed by atoms with Gasteiger partial charge in [0.05, 0.1) is 0 Å². The summed E-state index contributed by atoms with van der Waals surface area (Å²) in [6.45, 7) is 3.51. The molecule has 1 fully saturated rings. The van der Waals surface area contributed by atoms with Crippen molar-refractivity contribution in [2.24, 2.45) is 0 Å². The summed E-state index contributed by atoms with van der Waals surface area (Å²) >= 11 is 11.9. The summed E-state index contributed by atoms with van der Waals surface area (Å²) in [7, 11) is 0. The monoisotopic (exact) mass is 300 g/mol. The van der Waals surface area contributed by atoms with Gasteiger partial charge in [0.2, 0.25) is 11.8 Å². The van der Waals surface area contributed by atoms with Crippen molar-refractivity contribution in [3.63, 3.8) is 0 Å². The summed E-state index contributed by atoms with van der Waals surface area (Å²) in [5.41, 5.74) is 0.552. The number of carbonyl (C=O) groups is 2. The number of halogens is 2. The first-order valence-corrected chi connectivity index (χ1v) is 6.79. The standard InChI is InChI=1S/C13H14Cl2N2O2/c1-3-11-12(18)16-7(2)13(19)17(11)10-5-8(14)4-9(15)6-10/h4-7,11H,3H2,1-2H3,(H,16,18). The van der Waals surface area contributed by atoms with Crippen molar-refractivity contribution in [2.45, 2.75) is 32.4 Å². The van der Waals surface area contributed by atoms with E-state index >= 15 is 0 Å². The van der Waals surface area contributed by atoms with Gasteiger partial charge in [-0.3, -0.25) is 14.5 Å². The molecule has 2 amide bonds. The highest BCUT2D eigenvalue weighted by Crippen LogP contribution is 2.29. The van der Waals surface area contributed by atoms with Crippen LogP contribution >= 0.6 is 23.2 Å². The van der Waals surface area contributed by atoms with Gasteiger partial charge in [-0.1, -0.05) is 30.1 Å². The van der Waals surface area contributed by atoms with Crippen LogP contribution in [0.15, 0.2) is 18.2 Å². The topological polar surface area (TPSA) is 49.4 Å². The van der Waals surface area contributed by atoms with Crippen molar-refractivity contribution in [1.82, 2.24) is 5.32 Å². The molecule has 4 nitrogen and oxygen atoms in total. The van der Waals surface area contributed by atoms with E-state index in [0.717, 1.165) is 0 Å². The molecule has 2 rings (SSSR count). The molecule has 1 aromatic carbocycles. The number of nitrogens with zero attached hydrogens (tertiary/aromatic N) is 1. The number of carbonyl (C=O) groups excluding carboxylic acids is 2. The summed E-state index contributed by atoms with van der Waals surface area (Å²) in [5, 5.41) is 3.53. The third kappa shape index (κ3) is 2.69. The molecule has 0 aliphatic carbocycles. The third-order valence-corrected chi connectivity index (χ3v) is 3.53. The van der Waals surface area contributed by atoms with E-state index in [0.29, 0.717) is 22.2 Å². The van der Waals surface area contributed by atoms with E-state index in [2.05, 4.69) is 5.32 Å². The zero-order valence-electron chi connectivity index (χ0n) is 10.6. The van der Waals surface area contributed by atoms with Gasteiger partial charge in [0, 0.05) is 15.7 Å². The van der Waals surface area contributed by atoms with Gasteiger partial charge in [0.25, 0.3) is 0 Å². The number of hydrogen-bond acceptors (Lipinski definition) is 2. The third-order valence-electron chi connectivity index (χ3n) is 3.09. The first-order chi connectivity index (χ1) is 8.93. The maximum Gasteiger partial charge on any atom is 0.250 e. The Morgan fingerprint density at radius 1 is 1.21 bits per heavy atom. The molecule has 1 aliphatic heterocycles. The van der Waals surface area contributed by atoms with Crippen LogP contribution in [-0.2, 0) is 9.59 Å². The van der Waals surface area contributed by atoms with Crippen LogP contribution < -0.4 is 10.2 Å². The van der Waals surface area contributed by atoms with Gasteiger partial charge in [0.15, 0.2) is 0 Å². The van der Waals surface area contributed by atoms with E-state index in [1.807, 2.05) is 6.92 Å². The molecule has 6 heteroatoms. The molecule has 1 aliphatic rings. The van der Waals surface area contributed by atoms with Crippen molar-refractivity contribution >= 4 is 40.7 Å². The lowest BCUT2D eigenvalue weighted by molar-refractivity contribution is -0.133. The van der Waals surface area contributed by atoms with Crippen molar-refractivity contribution in [3.8, 4) is 0 Å². The largest absolute Gasteiger partial charge is 0.343 e. The molecule has 102 valence electrons. The number of nitrogens with one attached hydrogen (secondary N) is 1. The molecule has 2 atom stereocenters. The minimum atomic E-state index is -0.548. The highest BCUT2D eigenvalue weighted by Gasteiger charge is 2.38. The average molecular weight is 301 g/mol. The second kappa shape index (κ2) is 5.39. The van der Waals surface area contributed by atoms with Gasteiger partial charge in [0.1, 0.15) is 12.1 Å². The predicted octanol–water partition coefficient (Wildman–Crippen LogP) is 2.62. The number of hydrogen-bond donors (Lipinski definition) is 1. The lowest BCUT2D eigenvalue weighted by atomic mass is 10.0. The van der Waals surface area contributed by atoms with Gasteiger partial charge in [-0.25, -0.2) is 0 Å². The van der Waals surface area contributed by atoms with Gasteiger partial charge < -0.3 is 5.32 Å². The summed E-state index contributed by atoms with van der Waals surface area (Å²) < 4.78 is 0. The molecule has 2 unspecified atom stereocenters. The predicted molar refractivity (Wildman–Crippen MR) is 75.6 cm³/mol. The number of benzene rings is 1. The Labute approximate surface area is 121 Å². The molecule has 0 spiro atoms. The Hall–Kier alpha value is -1.26. The second-order valence-electron chi connectivity index (χ2n) is 4.49. The first-order valence-electron chi connectivity index (χ1n) is 6.03. The molecule has 1 heterocycles. The van der Waals surface area contributed by atoms with Crippen LogP contribution in [0.2, 0.25) is 10.0 Å². The number of rotatable bonds is 2. The molecule has 19 heavy (non-hydrogen) atoms. The molecule has 1 N–H and O–H groups in total. The molecular weight excluding hydrogens is 287 g/mol. The fourth-order valence-corrected chi connectivity index (χ4v) is 2.72. The van der Waals surface area contributed by atoms with E-state index in [9.17, 15) is 9.59 Å². The molecule has 0 bridgehead atoms. The number of piperazine rings is 1. The van der Waals surface area contributed by atoms with Gasteiger partial charge in [-0.05, 0) is 31.5 Å². The Morgan fingerprint density at radius 3 is 2.32 bits per heavy atom. The Morgan fingerprint density at radius 2 is 1.79 bits per heavy atom. The van der Waals surface area contributed by atoms with E-state index in [-0.39, 0.29) is 11.8 Å². The lowest BCUT2D eigenvalue weighted by Gasteiger charge is -2.37. The summed E-state index contributed by atoms with van der Waals surface area (Å²) in [6.07, 6.45) is 0.522. The molecule has 1 saturated heterocycles. The maximum absolute atomic E-state index is 12.3. The Kier molecular flexibility index (Phi) is 4.02. The van der Waals surface area contributed by atoms with E-state index in [1.165, 1.54) is 4.90 Å².